The smallest absolute Gasteiger partial charge is 0.245 e. The summed E-state index contributed by atoms with van der Waals surface area (Å²) in [4.78, 5) is 136. The number of fused-ring (bicyclic) bond motifs is 1. The number of aliphatic hydroxyl groups is 1. The van der Waals surface area contributed by atoms with Crippen LogP contribution in [0.2, 0.25) is 5.02 Å². The highest BCUT2D eigenvalue weighted by Crippen LogP contribution is 2.27. The van der Waals surface area contributed by atoms with Gasteiger partial charge in [-0.05, 0) is 81.5 Å². The summed E-state index contributed by atoms with van der Waals surface area (Å²) in [6, 6.07) is 6.87. The number of nitrogens with zero attached hydrogens (tertiary/aromatic N) is 2. The first-order valence-corrected chi connectivity index (χ1v) is 25.4. The predicted octanol–water partition coefficient (Wildman–Crippen LogP) is 0.0978. The molecule has 1 aliphatic rings. The SMILES string of the molecule is CC(=O)N[C@@H](CCCN=C(N)N)C(=O)N[C@H]1CCC(=O)CCCC[C@@H](C(N)=O)NC(=O)[C@H](Cc2c[nH]c3ccccc23)CC(=O)[C@H](CCCN=C(N)N)CC(=O)[C@@H](Cc2ccccc2Cl)NC(=O)C([C@@H](C)O)NC1=O. The molecule has 2 heterocycles. The van der Waals surface area contributed by atoms with Crippen molar-refractivity contribution < 1.29 is 48.3 Å². The Morgan fingerprint density at radius 2 is 1.43 bits per heavy atom. The van der Waals surface area contributed by atoms with Crippen LogP contribution in [-0.2, 0) is 56.0 Å². The first-order chi connectivity index (χ1) is 35.6. The highest BCUT2D eigenvalue weighted by Gasteiger charge is 2.36. The van der Waals surface area contributed by atoms with Crippen LogP contribution < -0.4 is 55.3 Å². The Kier molecular flexibility index (Phi) is 24.1. The van der Waals surface area contributed by atoms with Gasteiger partial charge in [0.05, 0.1) is 12.1 Å². The Labute approximate surface area is 440 Å². The minimum absolute atomic E-state index is 0.0351. The zero-order valence-electron chi connectivity index (χ0n) is 42.4. The van der Waals surface area contributed by atoms with Gasteiger partial charge in [0.25, 0.3) is 0 Å². The van der Waals surface area contributed by atoms with Crippen LogP contribution in [0.3, 0.4) is 0 Å². The van der Waals surface area contributed by atoms with E-state index in [2.05, 4.69) is 41.6 Å². The number of Topliss-reactive ketones (excluding diaryl/α,β-unsaturated/α-hetero) is 3. The van der Waals surface area contributed by atoms with Gasteiger partial charge in [0.15, 0.2) is 17.7 Å². The number of nitrogens with one attached hydrogen (secondary N) is 6. The molecule has 1 fully saturated rings. The number of nitrogens with two attached hydrogens (primary N) is 5. The van der Waals surface area contributed by atoms with E-state index >= 15 is 0 Å². The van der Waals surface area contributed by atoms with Crippen molar-refractivity contribution in [3.63, 3.8) is 0 Å². The molecule has 0 saturated carbocycles. The second-order valence-corrected chi connectivity index (χ2v) is 19.3. The number of H-pyrrole nitrogens is 1. The maximum Gasteiger partial charge on any atom is 0.245 e. The van der Waals surface area contributed by atoms with Crippen LogP contribution in [0, 0.1) is 11.8 Å². The monoisotopic (exact) mass is 1060 g/mol. The van der Waals surface area contributed by atoms with Crippen molar-refractivity contribution in [1.29, 1.82) is 0 Å². The number of para-hydroxylation sites is 1. The highest BCUT2D eigenvalue weighted by atomic mass is 35.5. The molecule has 4 rings (SSSR count). The van der Waals surface area contributed by atoms with E-state index in [1.807, 2.05) is 24.3 Å². The van der Waals surface area contributed by atoms with Gasteiger partial charge in [-0.15, -0.1) is 0 Å². The summed E-state index contributed by atoms with van der Waals surface area (Å²) in [7, 11) is 0. The fourth-order valence-electron chi connectivity index (χ4n) is 8.83. The van der Waals surface area contributed by atoms with Crippen molar-refractivity contribution in [3.8, 4) is 0 Å². The summed E-state index contributed by atoms with van der Waals surface area (Å²) < 4.78 is 0. The van der Waals surface area contributed by atoms with E-state index in [-0.39, 0.29) is 119 Å². The van der Waals surface area contributed by atoms with Crippen molar-refractivity contribution in [2.24, 2.45) is 50.5 Å². The van der Waals surface area contributed by atoms with Crippen LogP contribution in [0.5, 0.6) is 0 Å². The molecule has 23 nitrogen and oxygen atoms in total. The first kappa shape index (κ1) is 60.2. The number of aromatic amines is 1. The summed E-state index contributed by atoms with van der Waals surface area (Å²) >= 11 is 6.57. The van der Waals surface area contributed by atoms with Gasteiger partial charge in [-0.3, -0.25) is 53.1 Å². The summed E-state index contributed by atoms with van der Waals surface area (Å²) in [5, 5.41) is 25.1. The van der Waals surface area contributed by atoms with Crippen LogP contribution in [0.15, 0.2) is 64.7 Å². The number of primary amides is 1. The van der Waals surface area contributed by atoms with Gasteiger partial charge < -0.3 is 65.3 Å². The Hall–Kier alpha value is -7.40. The second kappa shape index (κ2) is 30.1. The molecular formula is C51H72ClN13O10. The number of guanidine groups is 2. The zero-order valence-corrected chi connectivity index (χ0v) is 43.2. The number of halogens is 1. The largest absolute Gasteiger partial charge is 0.391 e. The highest BCUT2D eigenvalue weighted by molar-refractivity contribution is 6.31. The molecule has 0 radical (unpaired) electrons. The second-order valence-electron chi connectivity index (χ2n) is 18.9. The summed E-state index contributed by atoms with van der Waals surface area (Å²) in [6.07, 6.45) is -0.396. The van der Waals surface area contributed by atoms with Gasteiger partial charge in [0.1, 0.15) is 35.7 Å². The summed E-state index contributed by atoms with van der Waals surface area (Å²) in [5.41, 5.74) is 29.8. The number of aromatic nitrogens is 1. The third-order valence-corrected chi connectivity index (χ3v) is 13.2. The Balaban J connectivity index is 1.78. The first-order valence-electron chi connectivity index (χ1n) is 25.1. The number of aliphatic imine (C=N–C) groups is 2. The van der Waals surface area contributed by atoms with Crippen LogP contribution in [0.4, 0.5) is 0 Å². The van der Waals surface area contributed by atoms with Gasteiger partial charge in [-0.25, -0.2) is 0 Å². The molecular weight excluding hydrogens is 990 g/mol. The maximum atomic E-state index is 14.7. The minimum Gasteiger partial charge on any atom is -0.391 e. The number of ketones is 3. The third-order valence-electron chi connectivity index (χ3n) is 12.9. The number of amides is 6. The van der Waals surface area contributed by atoms with Crippen molar-refractivity contribution >= 4 is 87.2 Å². The van der Waals surface area contributed by atoms with Crippen LogP contribution in [0.25, 0.3) is 10.9 Å². The quantitative estimate of drug-likeness (QED) is 0.0485. The molecule has 0 aliphatic carbocycles. The van der Waals surface area contributed by atoms with Gasteiger partial charge in [0, 0.05) is 86.1 Å². The molecule has 75 heavy (non-hydrogen) atoms. The molecule has 1 saturated heterocycles. The molecule has 408 valence electrons. The fraction of sp³-hybridized carbons (Fsp3) is 0.510. The lowest BCUT2D eigenvalue weighted by atomic mass is 9.83. The predicted molar refractivity (Wildman–Crippen MR) is 282 cm³/mol. The van der Waals surface area contributed by atoms with E-state index in [0.717, 1.165) is 10.9 Å². The molecule has 0 bridgehead atoms. The zero-order chi connectivity index (χ0) is 55.2. The van der Waals surface area contributed by atoms with Gasteiger partial charge in [-0.1, -0.05) is 54.4 Å². The molecule has 6 amide bonds. The van der Waals surface area contributed by atoms with Gasteiger partial charge in [-0.2, -0.15) is 0 Å². The standard InChI is InChI=1S/C51H72ClN13O10/c1-28(66)44-49(75)64-41(24-30-11-3-6-15-36(30)52)43(70)25-31(12-9-21-58-50(54)55)42(69)26-32(23-33-27-60-37-16-8-5-14-35(33)37)46(72)62-38(45(53)71)17-7-4-13-34(68)19-20-40(48(74)65-44)63-47(73)39(61-29(2)67)18-10-22-59-51(56)57/h3,5-6,8,11,14-16,27-28,31-32,38-41,44,60,66H,4,7,9-10,12-13,17-26H2,1-2H3,(H2,53,71)(H,61,67)(H,62,72)(H,63,73)(H,64,75)(H,65,74)(H4,54,55,58)(H4,56,57,59)/t28-,31-,32-,38+,39+,40+,41-,44?/m1/s1. The average Bonchev–Trinajstić information content (AvgIpc) is 3.76. The van der Waals surface area contributed by atoms with E-state index in [1.165, 1.54) is 13.8 Å². The van der Waals surface area contributed by atoms with Crippen LogP contribution in [-0.4, -0.2) is 124 Å². The van der Waals surface area contributed by atoms with E-state index in [9.17, 15) is 48.3 Å². The van der Waals surface area contributed by atoms with Crippen LogP contribution in [0.1, 0.15) is 102 Å². The number of hydrogen-bond acceptors (Lipinski definition) is 12. The van der Waals surface area contributed by atoms with E-state index in [1.54, 1.807) is 30.5 Å². The number of aliphatic hydroxyl groups excluding tert-OH is 1. The lowest BCUT2D eigenvalue weighted by Gasteiger charge is -2.28. The molecule has 3 aromatic rings. The van der Waals surface area contributed by atoms with Crippen molar-refractivity contribution in [2.45, 2.75) is 140 Å². The summed E-state index contributed by atoms with van der Waals surface area (Å²) in [5.74, 6) is -8.85. The molecule has 1 aliphatic heterocycles. The van der Waals surface area contributed by atoms with Crippen molar-refractivity contribution in [3.05, 3.63) is 70.9 Å². The molecule has 1 unspecified atom stereocenters. The Bertz CT molecular complexity index is 2560. The molecule has 8 atom stereocenters. The molecule has 17 N–H and O–H groups in total. The van der Waals surface area contributed by atoms with Gasteiger partial charge >= 0.3 is 0 Å². The number of carbonyl (C=O) groups excluding carboxylic acids is 9. The maximum absolute atomic E-state index is 14.7. The Morgan fingerprint density at radius 1 is 0.760 bits per heavy atom. The van der Waals surface area contributed by atoms with E-state index in [0.29, 0.717) is 11.1 Å². The normalized spacial score (nSPS) is 21.9. The topological polar surface area (TPSA) is 405 Å². The third kappa shape index (κ3) is 20.1. The molecule has 24 heteroatoms. The average molecular weight is 1060 g/mol. The van der Waals surface area contributed by atoms with Gasteiger partial charge in [0.2, 0.25) is 35.4 Å². The fourth-order valence-corrected chi connectivity index (χ4v) is 9.04. The van der Waals surface area contributed by atoms with Crippen LogP contribution >= 0.6 is 11.6 Å². The number of rotatable bonds is 17. The van der Waals surface area contributed by atoms with Crippen molar-refractivity contribution in [1.82, 2.24) is 31.6 Å². The molecule has 1 aromatic heterocycles. The lowest BCUT2D eigenvalue weighted by molar-refractivity contribution is -0.137. The Morgan fingerprint density at radius 3 is 2.09 bits per heavy atom. The number of benzene rings is 2. The minimum atomic E-state index is -1.75. The van der Waals surface area contributed by atoms with E-state index < -0.39 is 102 Å². The molecule has 0 spiro atoms. The lowest BCUT2D eigenvalue weighted by Crippen LogP contribution is -2.60. The molecule has 2 aromatic carbocycles. The van der Waals surface area contributed by atoms with Crippen molar-refractivity contribution in [2.75, 3.05) is 13.1 Å². The van der Waals surface area contributed by atoms with E-state index in [4.69, 9.17) is 40.3 Å². The summed E-state index contributed by atoms with van der Waals surface area (Å²) in [6.45, 7) is 2.62. The number of carbonyl (C=O) groups is 9. The number of hydrogen-bond donors (Lipinski definition) is 12.